The fraction of sp³-hybridized carbons (Fsp3) is 0.0938. The number of hydrogen-bond acceptors (Lipinski definition) is 4. The van der Waals surface area contributed by atoms with E-state index in [9.17, 15) is 27.6 Å². The standard InChI is InChI=1S/C32H26F3N3O3S/c1-21(29(39)37-26-14-8-13-24(20-26)32(33,34)35)42-27-17-15-25(16-18-27)36-31(41)28(19-22-9-4-2-5-10-22)38-30(40)23-11-6-3-7-12-23/h2-21H,1H3,(H,36,41)(H,37,39)(H,38,40)/b28-19-. The van der Waals surface area contributed by atoms with Gasteiger partial charge in [-0.25, -0.2) is 0 Å². The summed E-state index contributed by atoms with van der Waals surface area (Å²) in [6, 6.07) is 28.8. The van der Waals surface area contributed by atoms with Gasteiger partial charge in [-0.05, 0) is 73.2 Å². The first-order chi connectivity index (χ1) is 20.1. The monoisotopic (exact) mass is 589 g/mol. The van der Waals surface area contributed by atoms with Crippen molar-refractivity contribution in [2.24, 2.45) is 0 Å². The van der Waals surface area contributed by atoms with Crippen LogP contribution in [-0.4, -0.2) is 23.0 Å². The second-order valence-electron chi connectivity index (χ2n) is 9.10. The van der Waals surface area contributed by atoms with Gasteiger partial charge in [0.2, 0.25) is 5.91 Å². The molecular formula is C32H26F3N3O3S. The molecule has 0 fully saturated rings. The van der Waals surface area contributed by atoms with Crippen LogP contribution in [0.4, 0.5) is 24.5 Å². The number of nitrogens with one attached hydrogen (secondary N) is 3. The van der Waals surface area contributed by atoms with Crippen LogP contribution in [0.5, 0.6) is 0 Å². The van der Waals surface area contributed by atoms with Gasteiger partial charge in [0.15, 0.2) is 0 Å². The minimum Gasteiger partial charge on any atom is -0.325 e. The lowest BCUT2D eigenvalue weighted by atomic mass is 10.1. The molecule has 42 heavy (non-hydrogen) atoms. The molecule has 1 atom stereocenters. The number of thioether (sulfide) groups is 1. The number of alkyl halides is 3. The molecule has 0 aromatic heterocycles. The molecule has 0 heterocycles. The van der Waals surface area contributed by atoms with Crippen molar-refractivity contribution in [2.45, 2.75) is 23.2 Å². The van der Waals surface area contributed by atoms with E-state index in [0.29, 0.717) is 16.1 Å². The molecule has 0 aliphatic rings. The number of carbonyl (C=O) groups is 3. The maximum Gasteiger partial charge on any atom is 0.416 e. The highest BCUT2D eigenvalue weighted by Gasteiger charge is 2.30. The van der Waals surface area contributed by atoms with Gasteiger partial charge >= 0.3 is 6.18 Å². The first kappa shape index (κ1) is 30.1. The van der Waals surface area contributed by atoms with Crippen LogP contribution in [0.15, 0.2) is 120 Å². The van der Waals surface area contributed by atoms with Crippen LogP contribution in [-0.2, 0) is 15.8 Å². The van der Waals surface area contributed by atoms with Gasteiger partial charge in [-0.1, -0.05) is 54.6 Å². The SMILES string of the molecule is CC(Sc1ccc(NC(=O)/C(=C/c2ccccc2)NC(=O)c2ccccc2)cc1)C(=O)Nc1cccc(C(F)(F)F)c1. The predicted molar refractivity (Wildman–Crippen MR) is 159 cm³/mol. The number of rotatable bonds is 9. The number of hydrogen-bond donors (Lipinski definition) is 3. The van der Waals surface area contributed by atoms with Crippen molar-refractivity contribution >= 4 is 46.9 Å². The quantitative estimate of drug-likeness (QED) is 0.142. The zero-order valence-corrected chi connectivity index (χ0v) is 23.1. The molecule has 4 rings (SSSR count). The Hall–Kier alpha value is -4.83. The fourth-order valence-corrected chi connectivity index (χ4v) is 4.62. The van der Waals surface area contributed by atoms with E-state index >= 15 is 0 Å². The fourth-order valence-electron chi connectivity index (χ4n) is 3.75. The van der Waals surface area contributed by atoms with Crippen molar-refractivity contribution in [1.82, 2.24) is 5.32 Å². The number of anilines is 2. The van der Waals surface area contributed by atoms with Gasteiger partial charge in [0.25, 0.3) is 11.8 Å². The Morgan fingerprint density at radius 2 is 1.40 bits per heavy atom. The lowest BCUT2D eigenvalue weighted by Crippen LogP contribution is -2.30. The Morgan fingerprint density at radius 1 is 0.762 bits per heavy atom. The molecule has 0 bridgehead atoms. The number of benzene rings is 4. The van der Waals surface area contributed by atoms with Crippen molar-refractivity contribution in [3.8, 4) is 0 Å². The number of amides is 3. The summed E-state index contributed by atoms with van der Waals surface area (Å²) in [6.45, 7) is 1.64. The van der Waals surface area contributed by atoms with Gasteiger partial charge in [-0.3, -0.25) is 14.4 Å². The second kappa shape index (κ2) is 13.7. The van der Waals surface area contributed by atoms with E-state index in [2.05, 4.69) is 16.0 Å². The topological polar surface area (TPSA) is 87.3 Å². The van der Waals surface area contributed by atoms with E-state index in [1.54, 1.807) is 79.7 Å². The summed E-state index contributed by atoms with van der Waals surface area (Å²) in [5.41, 5.74) is 0.836. The van der Waals surface area contributed by atoms with Crippen LogP contribution >= 0.6 is 11.8 Å². The van der Waals surface area contributed by atoms with Crippen LogP contribution in [0.3, 0.4) is 0 Å². The molecule has 0 spiro atoms. The summed E-state index contributed by atoms with van der Waals surface area (Å²) in [4.78, 5) is 39.2. The third-order valence-electron chi connectivity index (χ3n) is 5.89. The average molecular weight is 590 g/mol. The first-order valence-electron chi connectivity index (χ1n) is 12.8. The zero-order valence-electron chi connectivity index (χ0n) is 22.3. The summed E-state index contributed by atoms with van der Waals surface area (Å²) in [7, 11) is 0. The third kappa shape index (κ3) is 8.58. The van der Waals surface area contributed by atoms with Crippen molar-refractivity contribution in [3.05, 3.63) is 132 Å². The Morgan fingerprint density at radius 3 is 2.05 bits per heavy atom. The molecule has 3 N–H and O–H groups in total. The van der Waals surface area contributed by atoms with Crippen LogP contribution in [0, 0.1) is 0 Å². The highest BCUT2D eigenvalue weighted by Crippen LogP contribution is 2.31. The molecule has 10 heteroatoms. The summed E-state index contributed by atoms with van der Waals surface area (Å²) in [6.07, 6.45) is -2.94. The van der Waals surface area contributed by atoms with Gasteiger partial charge in [-0.2, -0.15) is 13.2 Å². The number of halogens is 3. The summed E-state index contributed by atoms with van der Waals surface area (Å²) < 4.78 is 38.9. The van der Waals surface area contributed by atoms with E-state index in [1.165, 1.54) is 23.9 Å². The van der Waals surface area contributed by atoms with Crippen LogP contribution in [0.1, 0.15) is 28.4 Å². The van der Waals surface area contributed by atoms with Crippen molar-refractivity contribution in [3.63, 3.8) is 0 Å². The highest BCUT2D eigenvalue weighted by molar-refractivity contribution is 8.00. The zero-order chi connectivity index (χ0) is 30.1. The molecule has 0 aliphatic carbocycles. The summed E-state index contributed by atoms with van der Waals surface area (Å²) in [5, 5.41) is 7.35. The van der Waals surface area contributed by atoms with Crippen molar-refractivity contribution < 1.29 is 27.6 Å². The van der Waals surface area contributed by atoms with E-state index in [4.69, 9.17) is 0 Å². The molecule has 1 unspecified atom stereocenters. The van der Waals surface area contributed by atoms with Gasteiger partial charge in [0.05, 0.1) is 10.8 Å². The second-order valence-corrected chi connectivity index (χ2v) is 10.5. The van der Waals surface area contributed by atoms with Crippen LogP contribution in [0.2, 0.25) is 0 Å². The molecule has 6 nitrogen and oxygen atoms in total. The largest absolute Gasteiger partial charge is 0.416 e. The minimum atomic E-state index is -4.51. The van der Waals surface area contributed by atoms with Crippen molar-refractivity contribution in [1.29, 1.82) is 0 Å². The van der Waals surface area contributed by atoms with Crippen LogP contribution in [0.25, 0.3) is 6.08 Å². The van der Waals surface area contributed by atoms with Crippen LogP contribution < -0.4 is 16.0 Å². The molecule has 0 radical (unpaired) electrons. The van der Waals surface area contributed by atoms with Gasteiger partial charge in [0, 0.05) is 21.8 Å². The lowest BCUT2D eigenvalue weighted by molar-refractivity contribution is -0.137. The Labute approximate surface area is 245 Å². The Balaban J connectivity index is 1.40. The number of carbonyl (C=O) groups excluding carboxylic acids is 3. The van der Waals surface area contributed by atoms with Gasteiger partial charge in [-0.15, -0.1) is 11.8 Å². The smallest absolute Gasteiger partial charge is 0.325 e. The summed E-state index contributed by atoms with van der Waals surface area (Å²) in [5.74, 6) is -1.42. The molecule has 4 aromatic carbocycles. The molecule has 214 valence electrons. The normalized spacial score (nSPS) is 12.2. The average Bonchev–Trinajstić information content (AvgIpc) is 2.98. The van der Waals surface area contributed by atoms with Gasteiger partial charge in [0.1, 0.15) is 5.70 Å². The maximum absolute atomic E-state index is 13.2. The molecule has 0 saturated heterocycles. The Bertz CT molecular complexity index is 1580. The van der Waals surface area contributed by atoms with E-state index < -0.39 is 34.7 Å². The molecular weight excluding hydrogens is 563 g/mol. The third-order valence-corrected chi connectivity index (χ3v) is 7.00. The first-order valence-corrected chi connectivity index (χ1v) is 13.7. The van der Waals surface area contributed by atoms with E-state index in [0.717, 1.165) is 17.7 Å². The lowest BCUT2D eigenvalue weighted by Gasteiger charge is -2.14. The molecule has 0 aliphatic heterocycles. The molecule has 3 amide bonds. The minimum absolute atomic E-state index is 0.0494. The predicted octanol–water partition coefficient (Wildman–Crippen LogP) is 7.23. The maximum atomic E-state index is 13.2. The molecule has 0 saturated carbocycles. The molecule has 4 aromatic rings. The summed E-state index contributed by atoms with van der Waals surface area (Å²) >= 11 is 1.21. The van der Waals surface area contributed by atoms with E-state index in [-0.39, 0.29) is 11.4 Å². The Kier molecular flexibility index (Phi) is 9.82. The van der Waals surface area contributed by atoms with Gasteiger partial charge < -0.3 is 16.0 Å². The highest BCUT2D eigenvalue weighted by atomic mass is 32.2. The van der Waals surface area contributed by atoms with Crippen molar-refractivity contribution in [2.75, 3.05) is 10.6 Å². The van der Waals surface area contributed by atoms with E-state index in [1.807, 2.05) is 18.2 Å².